The summed E-state index contributed by atoms with van der Waals surface area (Å²) >= 11 is 0. The maximum absolute atomic E-state index is 9.31. The van der Waals surface area contributed by atoms with Crippen LogP contribution in [0.3, 0.4) is 0 Å². The molecule has 9 rings (SSSR count). The molecule has 0 amide bonds. The van der Waals surface area contributed by atoms with Crippen LogP contribution in [0.1, 0.15) is 5.56 Å². The van der Waals surface area contributed by atoms with Crippen LogP contribution in [-0.2, 0) is 0 Å². The molecular weight excluding hydrogens is 566 g/mol. The standard InChI is InChI=1S/C40H23N5O/c41-24-25-17-19-26(20-18-25)29-13-8-16-36-37(29)32-23-28(21-22-35(32)46-36)39-42-38(27-9-2-1-3-10-27)43-40(44-39)45-33-14-6-4-11-30(33)31-12-5-7-15-34(31)45/h1-23H. The van der Waals surface area contributed by atoms with Crippen molar-refractivity contribution in [2.75, 3.05) is 0 Å². The summed E-state index contributed by atoms with van der Waals surface area (Å²) in [7, 11) is 0. The number of nitriles is 1. The number of benzene rings is 6. The third-order valence-electron chi connectivity index (χ3n) is 8.51. The molecule has 0 N–H and O–H groups in total. The molecule has 0 atom stereocenters. The summed E-state index contributed by atoms with van der Waals surface area (Å²) in [5.74, 6) is 1.72. The highest BCUT2D eigenvalue weighted by atomic mass is 16.3. The van der Waals surface area contributed by atoms with Gasteiger partial charge in [-0.3, -0.25) is 4.57 Å². The van der Waals surface area contributed by atoms with Gasteiger partial charge < -0.3 is 4.42 Å². The van der Waals surface area contributed by atoms with Gasteiger partial charge in [0.1, 0.15) is 11.2 Å². The summed E-state index contributed by atoms with van der Waals surface area (Å²) in [5, 5.41) is 13.6. The molecule has 6 nitrogen and oxygen atoms in total. The molecule has 0 bridgehead atoms. The van der Waals surface area contributed by atoms with E-state index in [1.165, 1.54) is 0 Å². The van der Waals surface area contributed by atoms with Crippen molar-refractivity contribution in [1.29, 1.82) is 5.26 Å². The van der Waals surface area contributed by atoms with Crippen LogP contribution in [0.25, 0.3) is 83.6 Å². The molecule has 6 aromatic carbocycles. The van der Waals surface area contributed by atoms with Gasteiger partial charge in [0, 0.05) is 32.7 Å². The topological polar surface area (TPSA) is 80.5 Å². The molecule has 0 fully saturated rings. The van der Waals surface area contributed by atoms with E-state index in [9.17, 15) is 5.26 Å². The van der Waals surface area contributed by atoms with Crippen LogP contribution in [0.15, 0.2) is 144 Å². The molecular formula is C40H23N5O. The van der Waals surface area contributed by atoms with Crippen molar-refractivity contribution in [1.82, 2.24) is 19.5 Å². The molecule has 6 heteroatoms. The van der Waals surface area contributed by atoms with Gasteiger partial charge in [0.15, 0.2) is 11.6 Å². The Morgan fingerprint density at radius 1 is 0.522 bits per heavy atom. The third-order valence-corrected chi connectivity index (χ3v) is 8.51. The van der Waals surface area contributed by atoms with E-state index in [1.54, 1.807) is 0 Å². The Morgan fingerprint density at radius 3 is 1.89 bits per heavy atom. The highest BCUT2D eigenvalue weighted by molar-refractivity contribution is 6.13. The molecule has 214 valence electrons. The smallest absolute Gasteiger partial charge is 0.238 e. The number of nitrogens with zero attached hydrogens (tertiary/aromatic N) is 5. The molecule has 46 heavy (non-hydrogen) atoms. The van der Waals surface area contributed by atoms with E-state index in [0.717, 1.165) is 66.0 Å². The largest absolute Gasteiger partial charge is 0.456 e. The first-order valence-electron chi connectivity index (χ1n) is 15.0. The zero-order valence-electron chi connectivity index (χ0n) is 24.4. The second-order valence-electron chi connectivity index (χ2n) is 11.2. The van der Waals surface area contributed by atoms with E-state index in [1.807, 2.05) is 91.0 Å². The minimum Gasteiger partial charge on any atom is -0.456 e. The van der Waals surface area contributed by atoms with Gasteiger partial charge in [-0.1, -0.05) is 91.0 Å². The van der Waals surface area contributed by atoms with E-state index in [0.29, 0.717) is 23.2 Å². The number of aromatic nitrogens is 4. The van der Waals surface area contributed by atoms with Crippen molar-refractivity contribution in [3.05, 3.63) is 145 Å². The normalized spacial score (nSPS) is 11.5. The van der Waals surface area contributed by atoms with Crippen LogP contribution < -0.4 is 0 Å². The minimum atomic E-state index is 0.552. The van der Waals surface area contributed by atoms with E-state index >= 15 is 0 Å². The Hall–Kier alpha value is -6.58. The zero-order valence-corrected chi connectivity index (χ0v) is 24.4. The maximum atomic E-state index is 9.31. The first-order chi connectivity index (χ1) is 22.7. The molecule has 0 saturated heterocycles. The van der Waals surface area contributed by atoms with Crippen LogP contribution >= 0.6 is 0 Å². The monoisotopic (exact) mass is 589 g/mol. The van der Waals surface area contributed by atoms with Gasteiger partial charge >= 0.3 is 0 Å². The number of para-hydroxylation sites is 2. The first-order valence-corrected chi connectivity index (χ1v) is 15.0. The van der Waals surface area contributed by atoms with Crippen molar-refractivity contribution < 1.29 is 4.42 Å². The Labute approximate surface area is 263 Å². The lowest BCUT2D eigenvalue weighted by Crippen LogP contribution is -2.06. The van der Waals surface area contributed by atoms with Gasteiger partial charge in [-0.15, -0.1) is 0 Å². The van der Waals surface area contributed by atoms with Crippen molar-refractivity contribution >= 4 is 43.7 Å². The Morgan fingerprint density at radius 2 is 1.17 bits per heavy atom. The van der Waals surface area contributed by atoms with Crippen molar-refractivity contribution in [3.8, 4) is 45.9 Å². The maximum Gasteiger partial charge on any atom is 0.238 e. The van der Waals surface area contributed by atoms with Gasteiger partial charge in [-0.2, -0.15) is 15.2 Å². The SMILES string of the molecule is N#Cc1ccc(-c2cccc3oc4ccc(-c5nc(-c6ccccc6)nc(-n6c7ccccc7c7ccccc76)n5)cc4c23)cc1. The van der Waals surface area contributed by atoms with Gasteiger partial charge in [-0.25, -0.2) is 4.98 Å². The number of hydrogen-bond acceptors (Lipinski definition) is 5. The highest BCUT2D eigenvalue weighted by Crippen LogP contribution is 2.39. The van der Waals surface area contributed by atoms with Crippen LogP contribution in [0.5, 0.6) is 0 Å². The fourth-order valence-electron chi connectivity index (χ4n) is 6.38. The fourth-order valence-corrected chi connectivity index (χ4v) is 6.38. The van der Waals surface area contributed by atoms with Gasteiger partial charge in [0.25, 0.3) is 0 Å². The molecule has 0 aliphatic heterocycles. The number of rotatable bonds is 4. The molecule has 0 saturated carbocycles. The summed E-state index contributed by atoms with van der Waals surface area (Å²) in [5.41, 5.74) is 8.06. The van der Waals surface area contributed by atoms with Gasteiger partial charge in [0.05, 0.1) is 22.7 Å². The molecule has 0 spiro atoms. The quantitative estimate of drug-likeness (QED) is 0.204. The molecule has 0 radical (unpaired) electrons. The minimum absolute atomic E-state index is 0.552. The van der Waals surface area contributed by atoms with E-state index in [2.05, 4.69) is 59.2 Å². The van der Waals surface area contributed by atoms with Crippen LogP contribution in [0.4, 0.5) is 0 Å². The Bertz CT molecular complexity index is 2590. The molecule has 0 aliphatic rings. The lowest BCUT2D eigenvalue weighted by molar-refractivity contribution is 0.669. The second-order valence-corrected chi connectivity index (χ2v) is 11.2. The Kier molecular flexibility index (Phi) is 5.77. The number of fused-ring (bicyclic) bond motifs is 6. The van der Waals surface area contributed by atoms with E-state index in [-0.39, 0.29) is 0 Å². The van der Waals surface area contributed by atoms with Crippen LogP contribution in [-0.4, -0.2) is 19.5 Å². The molecule has 0 aliphatic carbocycles. The molecule has 3 heterocycles. The molecule has 3 aromatic heterocycles. The average molecular weight is 590 g/mol. The van der Waals surface area contributed by atoms with Crippen molar-refractivity contribution in [3.63, 3.8) is 0 Å². The van der Waals surface area contributed by atoms with Crippen LogP contribution in [0.2, 0.25) is 0 Å². The first kappa shape index (κ1) is 25.9. The molecule has 0 unspecified atom stereocenters. The second kappa shape index (κ2) is 10.3. The predicted octanol–water partition coefficient (Wildman–Crippen LogP) is 9.74. The average Bonchev–Trinajstić information content (AvgIpc) is 3.67. The lowest BCUT2D eigenvalue weighted by atomic mass is 9.98. The third kappa shape index (κ3) is 4.07. The van der Waals surface area contributed by atoms with Crippen LogP contribution in [0, 0.1) is 11.3 Å². The summed E-state index contributed by atoms with van der Waals surface area (Å²) in [6.07, 6.45) is 0. The summed E-state index contributed by atoms with van der Waals surface area (Å²) in [6.45, 7) is 0. The number of hydrogen-bond donors (Lipinski definition) is 0. The van der Waals surface area contributed by atoms with E-state index < -0.39 is 0 Å². The van der Waals surface area contributed by atoms with E-state index in [4.69, 9.17) is 19.4 Å². The lowest BCUT2D eigenvalue weighted by Gasteiger charge is -2.11. The summed E-state index contributed by atoms with van der Waals surface area (Å²) < 4.78 is 8.43. The van der Waals surface area contributed by atoms with Crippen molar-refractivity contribution in [2.24, 2.45) is 0 Å². The zero-order chi connectivity index (χ0) is 30.6. The van der Waals surface area contributed by atoms with Gasteiger partial charge in [0.2, 0.25) is 5.95 Å². The predicted molar refractivity (Wildman–Crippen MR) is 182 cm³/mol. The fraction of sp³-hybridized carbons (Fsp3) is 0. The van der Waals surface area contributed by atoms with Crippen molar-refractivity contribution in [2.45, 2.75) is 0 Å². The Balaban J connectivity index is 1.29. The summed E-state index contributed by atoms with van der Waals surface area (Å²) in [6, 6.07) is 48.7. The number of furan rings is 1. The van der Waals surface area contributed by atoms with Gasteiger partial charge in [-0.05, 0) is 59.7 Å². The molecule has 9 aromatic rings. The highest BCUT2D eigenvalue weighted by Gasteiger charge is 2.19. The summed E-state index contributed by atoms with van der Waals surface area (Å²) in [4.78, 5) is 15.2.